The van der Waals surface area contributed by atoms with E-state index < -0.39 is 5.97 Å². The predicted molar refractivity (Wildman–Crippen MR) is 58.1 cm³/mol. The van der Waals surface area contributed by atoms with Gasteiger partial charge in [-0.05, 0) is 17.5 Å². The molecule has 0 spiro atoms. The lowest BCUT2D eigenvalue weighted by molar-refractivity contribution is -0.137. The van der Waals surface area contributed by atoms with Crippen molar-refractivity contribution in [3.8, 4) is 0 Å². The first-order chi connectivity index (χ1) is 7.72. The first-order valence-electron chi connectivity index (χ1n) is 5.07. The van der Waals surface area contributed by atoms with Crippen molar-refractivity contribution in [2.45, 2.75) is 19.3 Å². The van der Waals surface area contributed by atoms with E-state index in [4.69, 9.17) is 5.11 Å². The van der Waals surface area contributed by atoms with Crippen LogP contribution < -0.4 is 0 Å². The van der Waals surface area contributed by atoms with Crippen molar-refractivity contribution in [3.63, 3.8) is 0 Å². The van der Waals surface area contributed by atoms with Crippen LogP contribution in [-0.2, 0) is 27.2 Å². The van der Waals surface area contributed by atoms with Gasteiger partial charge in [0.15, 0.2) is 0 Å². The SMILES string of the molecule is O=COCCc1ccc(CCC(=O)O)cc1. The van der Waals surface area contributed by atoms with Gasteiger partial charge in [-0.3, -0.25) is 9.59 Å². The summed E-state index contributed by atoms with van der Waals surface area (Å²) in [4.78, 5) is 20.3. The van der Waals surface area contributed by atoms with Gasteiger partial charge in [0.05, 0.1) is 6.61 Å². The minimum absolute atomic E-state index is 0.146. The summed E-state index contributed by atoms with van der Waals surface area (Å²) in [5.41, 5.74) is 2.07. The minimum atomic E-state index is -0.788. The normalized spacial score (nSPS) is 9.75. The smallest absolute Gasteiger partial charge is 0.303 e. The Hall–Kier alpha value is -1.84. The van der Waals surface area contributed by atoms with Crippen molar-refractivity contribution >= 4 is 12.4 Å². The molecule has 0 aliphatic heterocycles. The van der Waals surface area contributed by atoms with Crippen LogP contribution in [0.3, 0.4) is 0 Å². The van der Waals surface area contributed by atoms with Crippen molar-refractivity contribution in [1.29, 1.82) is 0 Å². The summed E-state index contributed by atoms with van der Waals surface area (Å²) in [6.07, 6.45) is 1.37. The Morgan fingerprint density at radius 2 is 1.75 bits per heavy atom. The van der Waals surface area contributed by atoms with Crippen molar-refractivity contribution in [1.82, 2.24) is 0 Å². The second kappa shape index (κ2) is 6.61. The quantitative estimate of drug-likeness (QED) is 0.559. The third-order valence-electron chi connectivity index (χ3n) is 2.23. The summed E-state index contributed by atoms with van der Waals surface area (Å²) in [6.45, 7) is 0.805. The number of aryl methyl sites for hydroxylation is 1. The second-order valence-corrected chi connectivity index (χ2v) is 3.43. The fourth-order valence-electron chi connectivity index (χ4n) is 1.35. The molecule has 1 aromatic rings. The first-order valence-corrected chi connectivity index (χ1v) is 5.07. The maximum absolute atomic E-state index is 10.4. The number of carboxylic acid groups (broad SMARTS) is 1. The fraction of sp³-hybridized carbons (Fsp3) is 0.333. The lowest BCUT2D eigenvalue weighted by Gasteiger charge is -2.02. The molecular weight excluding hydrogens is 208 g/mol. The zero-order chi connectivity index (χ0) is 11.8. The highest BCUT2D eigenvalue weighted by atomic mass is 16.5. The van der Waals surface area contributed by atoms with Crippen LogP contribution in [0.5, 0.6) is 0 Å². The van der Waals surface area contributed by atoms with Gasteiger partial charge in [0.25, 0.3) is 6.47 Å². The Morgan fingerprint density at radius 3 is 2.25 bits per heavy atom. The third-order valence-corrected chi connectivity index (χ3v) is 2.23. The number of rotatable bonds is 7. The maximum atomic E-state index is 10.4. The Balaban J connectivity index is 2.41. The van der Waals surface area contributed by atoms with Crippen molar-refractivity contribution < 1.29 is 19.4 Å². The number of aliphatic carboxylic acids is 1. The Morgan fingerprint density at radius 1 is 1.19 bits per heavy atom. The van der Waals surface area contributed by atoms with Gasteiger partial charge in [0.1, 0.15) is 0 Å². The molecule has 0 fully saturated rings. The number of hydrogen-bond donors (Lipinski definition) is 1. The molecule has 1 rings (SSSR count). The monoisotopic (exact) mass is 222 g/mol. The van der Waals surface area contributed by atoms with Crippen LogP contribution in [-0.4, -0.2) is 24.2 Å². The van der Waals surface area contributed by atoms with E-state index in [0.29, 0.717) is 25.9 Å². The Labute approximate surface area is 93.9 Å². The molecule has 16 heavy (non-hydrogen) atoms. The molecule has 1 N–H and O–H groups in total. The zero-order valence-corrected chi connectivity index (χ0v) is 8.89. The molecule has 0 aliphatic carbocycles. The highest BCUT2D eigenvalue weighted by molar-refractivity contribution is 5.67. The van der Waals surface area contributed by atoms with Crippen LogP contribution >= 0.6 is 0 Å². The molecule has 0 bridgehead atoms. The Kier molecular flexibility index (Phi) is 5.05. The third kappa shape index (κ3) is 4.59. The minimum Gasteiger partial charge on any atom is -0.481 e. The van der Waals surface area contributed by atoms with Crippen LogP contribution in [0, 0.1) is 0 Å². The number of carbonyl (C=O) groups excluding carboxylic acids is 1. The number of benzene rings is 1. The van der Waals surface area contributed by atoms with Gasteiger partial charge in [-0.25, -0.2) is 0 Å². The average Bonchev–Trinajstić information content (AvgIpc) is 2.28. The summed E-state index contributed by atoms with van der Waals surface area (Å²) in [6, 6.07) is 7.65. The molecular formula is C12H14O4. The highest BCUT2D eigenvalue weighted by Crippen LogP contribution is 2.07. The van der Waals surface area contributed by atoms with Gasteiger partial charge >= 0.3 is 5.97 Å². The van der Waals surface area contributed by atoms with Gasteiger partial charge in [-0.15, -0.1) is 0 Å². The van der Waals surface area contributed by atoms with E-state index in [1.807, 2.05) is 24.3 Å². The number of hydrogen-bond acceptors (Lipinski definition) is 3. The van der Waals surface area contributed by atoms with E-state index >= 15 is 0 Å². The van der Waals surface area contributed by atoms with Gasteiger partial charge in [-0.1, -0.05) is 24.3 Å². The van der Waals surface area contributed by atoms with Crippen molar-refractivity contribution in [3.05, 3.63) is 35.4 Å². The number of carboxylic acids is 1. The van der Waals surface area contributed by atoms with Crippen molar-refractivity contribution in [2.75, 3.05) is 6.61 Å². The van der Waals surface area contributed by atoms with E-state index in [1.54, 1.807) is 0 Å². The fourth-order valence-corrected chi connectivity index (χ4v) is 1.35. The molecule has 0 heterocycles. The molecule has 0 saturated heterocycles. The lowest BCUT2D eigenvalue weighted by atomic mass is 10.1. The maximum Gasteiger partial charge on any atom is 0.303 e. The van der Waals surface area contributed by atoms with Crippen LogP contribution in [0.15, 0.2) is 24.3 Å². The second-order valence-electron chi connectivity index (χ2n) is 3.43. The number of carbonyl (C=O) groups is 2. The standard InChI is InChI=1S/C12H14O4/c13-9-16-8-7-11-3-1-10(2-4-11)5-6-12(14)15/h1-4,9H,5-8H2,(H,14,15). The summed E-state index contributed by atoms with van der Waals surface area (Å²) in [7, 11) is 0. The predicted octanol–water partition coefficient (Wildman–Crippen LogP) is 1.42. The van der Waals surface area contributed by atoms with Crippen LogP contribution in [0.1, 0.15) is 17.5 Å². The molecule has 0 radical (unpaired) electrons. The zero-order valence-electron chi connectivity index (χ0n) is 8.89. The summed E-state index contributed by atoms with van der Waals surface area (Å²) < 4.78 is 4.59. The van der Waals surface area contributed by atoms with Crippen LogP contribution in [0.4, 0.5) is 0 Å². The topological polar surface area (TPSA) is 63.6 Å². The van der Waals surface area contributed by atoms with Gasteiger partial charge in [0, 0.05) is 12.8 Å². The van der Waals surface area contributed by atoms with Crippen LogP contribution in [0.2, 0.25) is 0 Å². The molecule has 4 heteroatoms. The molecule has 0 unspecified atom stereocenters. The largest absolute Gasteiger partial charge is 0.481 e. The van der Waals surface area contributed by atoms with E-state index in [0.717, 1.165) is 11.1 Å². The lowest BCUT2D eigenvalue weighted by Crippen LogP contribution is -1.99. The summed E-state index contributed by atoms with van der Waals surface area (Å²) in [5, 5.41) is 8.52. The van der Waals surface area contributed by atoms with Gasteiger partial charge in [-0.2, -0.15) is 0 Å². The van der Waals surface area contributed by atoms with E-state index in [1.165, 1.54) is 0 Å². The molecule has 0 atom stereocenters. The van der Waals surface area contributed by atoms with Gasteiger partial charge in [0.2, 0.25) is 0 Å². The summed E-state index contributed by atoms with van der Waals surface area (Å²) in [5.74, 6) is -0.788. The first kappa shape index (κ1) is 12.2. The molecule has 0 amide bonds. The molecule has 0 aliphatic rings. The van der Waals surface area contributed by atoms with E-state index in [9.17, 15) is 9.59 Å². The molecule has 4 nitrogen and oxygen atoms in total. The van der Waals surface area contributed by atoms with E-state index in [-0.39, 0.29) is 6.42 Å². The molecule has 1 aromatic carbocycles. The number of ether oxygens (including phenoxy) is 1. The highest BCUT2D eigenvalue weighted by Gasteiger charge is 1.99. The van der Waals surface area contributed by atoms with Crippen molar-refractivity contribution in [2.24, 2.45) is 0 Å². The molecule has 86 valence electrons. The molecule has 0 aromatic heterocycles. The summed E-state index contributed by atoms with van der Waals surface area (Å²) >= 11 is 0. The van der Waals surface area contributed by atoms with E-state index in [2.05, 4.69) is 4.74 Å². The molecule has 0 saturated carbocycles. The Bertz CT molecular complexity index is 343. The average molecular weight is 222 g/mol. The van der Waals surface area contributed by atoms with Crippen LogP contribution in [0.25, 0.3) is 0 Å². The van der Waals surface area contributed by atoms with Gasteiger partial charge < -0.3 is 9.84 Å².